The van der Waals surface area contributed by atoms with Crippen LogP contribution in [0.1, 0.15) is 12.8 Å². The molecule has 2 rings (SSSR count). The largest absolute Gasteiger partial charge is 0.366 e. The van der Waals surface area contributed by atoms with Crippen molar-refractivity contribution >= 4 is 5.69 Å². The maximum absolute atomic E-state index is 13.1. The summed E-state index contributed by atoms with van der Waals surface area (Å²) in [5.74, 6) is -0.285. The number of benzene rings is 1. The molecular formula is C13H16FN3. The summed E-state index contributed by atoms with van der Waals surface area (Å²) < 4.78 is 13.1. The van der Waals surface area contributed by atoms with E-state index in [1.54, 1.807) is 12.1 Å². The van der Waals surface area contributed by atoms with Crippen molar-refractivity contribution in [3.63, 3.8) is 0 Å². The Balaban J connectivity index is 2.17. The summed E-state index contributed by atoms with van der Waals surface area (Å²) in [4.78, 5) is 2.12. The van der Waals surface area contributed by atoms with Crippen LogP contribution in [0.15, 0.2) is 24.3 Å². The van der Waals surface area contributed by atoms with Crippen molar-refractivity contribution in [3.8, 4) is 6.07 Å². The number of rotatable bonds is 2. The Bertz CT molecular complexity index is 441. The molecule has 1 unspecified atom stereocenters. The SMILES string of the molecule is CN1CCCC(C#N)(Nc2cccc(F)c2)C1. The van der Waals surface area contributed by atoms with Gasteiger partial charge in [0, 0.05) is 12.2 Å². The molecule has 3 nitrogen and oxygen atoms in total. The molecule has 1 aliphatic rings. The first kappa shape index (κ1) is 11.9. The van der Waals surface area contributed by atoms with Crippen molar-refractivity contribution in [2.75, 3.05) is 25.5 Å². The van der Waals surface area contributed by atoms with Gasteiger partial charge >= 0.3 is 0 Å². The first-order chi connectivity index (χ1) is 8.13. The highest BCUT2D eigenvalue weighted by molar-refractivity contribution is 5.48. The van der Waals surface area contributed by atoms with E-state index in [1.165, 1.54) is 12.1 Å². The van der Waals surface area contributed by atoms with E-state index in [2.05, 4.69) is 16.3 Å². The van der Waals surface area contributed by atoms with Gasteiger partial charge < -0.3 is 10.2 Å². The third kappa shape index (κ3) is 2.75. The molecule has 0 amide bonds. The first-order valence-corrected chi connectivity index (χ1v) is 5.77. The zero-order valence-corrected chi connectivity index (χ0v) is 9.91. The van der Waals surface area contributed by atoms with Gasteiger partial charge in [0.15, 0.2) is 0 Å². The summed E-state index contributed by atoms with van der Waals surface area (Å²) >= 11 is 0. The van der Waals surface area contributed by atoms with Gasteiger partial charge in [0.05, 0.1) is 6.07 Å². The first-order valence-electron chi connectivity index (χ1n) is 5.77. The highest BCUT2D eigenvalue weighted by atomic mass is 19.1. The summed E-state index contributed by atoms with van der Waals surface area (Å²) in [7, 11) is 2.00. The topological polar surface area (TPSA) is 39.1 Å². The molecule has 1 aromatic carbocycles. The number of nitrogens with zero attached hydrogens (tertiary/aromatic N) is 2. The molecule has 1 N–H and O–H groups in total. The van der Waals surface area contributed by atoms with Crippen molar-refractivity contribution in [1.29, 1.82) is 5.26 Å². The summed E-state index contributed by atoms with van der Waals surface area (Å²) in [6.45, 7) is 1.67. The third-order valence-corrected chi connectivity index (χ3v) is 3.11. The number of halogens is 1. The normalized spacial score (nSPS) is 25.2. The van der Waals surface area contributed by atoms with Crippen molar-refractivity contribution in [3.05, 3.63) is 30.1 Å². The van der Waals surface area contributed by atoms with Gasteiger partial charge in [0.1, 0.15) is 11.4 Å². The molecule has 0 saturated carbocycles. The number of anilines is 1. The minimum absolute atomic E-state index is 0.285. The molecule has 17 heavy (non-hydrogen) atoms. The quantitative estimate of drug-likeness (QED) is 0.851. The Kier molecular flexibility index (Phi) is 3.30. The van der Waals surface area contributed by atoms with E-state index in [0.717, 1.165) is 19.4 Å². The molecule has 1 aromatic rings. The van der Waals surface area contributed by atoms with Crippen LogP contribution in [0.5, 0.6) is 0 Å². The Labute approximate surface area is 101 Å². The Morgan fingerprint density at radius 3 is 3.00 bits per heavy atom. The van der Waals surface area contributed by atoms with Crippen molar-refractivity contribution in [2.45, 2.75) is 18.4 Å². The fraction of sp³-hybridized carbons (Fsp3) is 0.462. The Hall–Kier alpha value is -1.60. The van der Waals surface area contributed by atoms with Crippen LogP contribution in [0.25, 0.3) is 0 Å². The Morgan fingerprint density at radius 2 is 2.35 bits per heavy atom. The van der Waals surface area contributed by atoms with E-state index in [4.69, 9.17) is 0 Å². The number of piperidine rings is 1. The summed E-state index contributed by atoms with van der Waals surface area (Å²) in [5, 5.41) is 12.5. The van der Waals surface area contributed by atoms with Crippen LogP contribution in [-0.2, 0) is 0 Å². The van der Waals surface area contributed by atoms with E-state index in [0.29, 0.717) is 12.2 Å². The van der Waals surface area contributed by atoms with Gasteiger partial charge in [0.2, 0.25) is 0 Å². The van der Waals surface area contributed by atoms with Gasteiger partial charge in [-0.05, 0) is 44.6 Å². The molecule has 4 heteroatoms. The van der Waals surface area contributed by atoms with Gasteiger partial charge in [-0.25, -0.2) is 4.39 Å². The highest BCUT2D eigenvalue weighted by Crippen LogP contribution is 2.25. The van der Waals surface area contributed by atoms with Gasteiger partial charge in [-0.15, -0.1) is 0 Å². The molecule has 0 spiro atoms. The molecule has 1 atom stereocenters. The second-order valence-corrected chi connectivity index (χ2v) is 4.67. The molecule has 0 aromatic heterocycles. The zero-order chi connectivity index (χ0) is 12.3. The van der Waals surface area contributed by atoms with Crippen molar-refractivity contribution < 1.29 is 4.39 Å². The third-order valence-electron chi connectivity index (χ3n) is 3.11. The minimum Gasteiger partial charge on any atom is -0.366 e. The van der Waals surface area contributed by atoms with Crippen molar-refractivity contribution in [2.24, 2.45) is 0 Å². The second-order valence-electron chi connectivity index (χ2n) is 4.67. The van der Waals surface area contributed by atoms with Crippen molar-refractivity contribution in [1.82, 2.24) is 4.90 Å². The average Bonchev–Trinajstić information content (AvgIpc) is 2.29. The molecule has 1 fully saturated rings. The molecule has 1 aliphatic heterocycles. The zero-order valence-electron chi connectivity index (χ0n) is 9.91. The van der Waals surface area contributed by atoms with Crippen LogP contribution in [0.2, 0.25) is 0 Å². The monoisotopic (exact) mass is 233 g/mol. The fourth-order valence-electron chi connectivity index (χ4n) is 2.33. The van der Waals surface area contributed by atoms with Crippen LogP contribution in [0, 0.1) is 17.1 Å². The number of nitrogens with one attached hydrogen (secondary N) is 1. The molecule has 0 radical (unpaired) electrons. The number of likely N-dealkylation sites (tertiary alicyclic amines) is 1. The number of hydrogen-bond donors (Lipinski definition) is 1. The lowest BCUT2D eigenvalue weighted by Crippen LogP contribution is -2.50. The predicted octanol–water partition coefficient (Wildman–Crippen LogP) is 2.23. The lowest BCUT2D eigenvalue weighted by Gasteiger charge is -2.37. The Morgan fingerprint density at radius 1 is 1.53 bits per heavy atom. The summed E-state index contributed by atoms with van der Waals surface area (Å²) in [6.07, 6.45) is 1.77. The van der Waals surface area contributed by atoms with Crippen LogP contribution < -0.4 is 5.32 Å². The maximum atomic E-state index is 13.1. The van der Waals surface area contributed by atoms with Crippen LogP contribution in [-0.4, -0.2) is 30.6 Å². The molecule has 0 bridgehead atoms. The highest BCUT2D eigenvalue weighted by Gasteiger charge is 2.34. The molecule has 1 saturated heterocycles. The summed E-state index contributed by atoms with van der Waals surface area (Å²) in [6, 6.07) is 8.60. The predicted molar refractivity (Wildman–Crippen MR) is 65.1 cm³/mol. The van der Waals surface area contributed by atoms with Crippen LogP contribution in [0.3, 0.4) is 0 Å². The average molecular weight is 233 g/mol. The number of nitriles is 1. The lowest BCUT2D eigenvalue weighted by atomic mass is 9.90. The number of hydrogen-bond acceptors (Lipinski definition) is 3. The second kappa shape index (κ2) is 4.72. The van der Waals surface area contributed by atoms with Gasteiger partial charge in [-0.3, -0.25) is 0 Å². The molecule has 90 valence electrons. The lowest BCUT2D eigenvalue weighted by molar-refractivity contribution is 0.227. The minimum atomic E-state index is -0.596. The molecular weight excluding hydrogens is 217 g/mol. The molecule has 0 aliphatic carbocycles. The summed E-state index contributed by atoms with van der Waals surface area (Å²) in [5.41, 5.74) is 0.0719. The van der Waals surface area contributed by atoms with E-state index >= 15 is 0 Å². The van der Waals surface area contributed by atoms with Crippen LogP contribution in [0.4, 0.5) is 10.1 Å². The van der Waals surface area contributed by atoms with Crippen LogP contribution >= 0.6 is 0 Å². The number of likely N-dealkylation sites (N-methyl/N-ethyl adjacent to an activating group) is 1. The van der Waals surface area contributed by atoms with Gasteiger partial charge in [-0.2, -0.15) is 5.26 Å². The van der Waals surface area contributed by atoms with E-state index < -0.39 is 5.54 Å². The van der Waals surface area contributed by atoms with E-state index in [-0.39, 0.29) is 5.82 Å². The van der Waals surface area contributed by atoms with Gasteiger partial charge in [0.25, 0.3) is 0 Å². The smallest absolute Gasteiger partial charge is 0.138 e. The molecule has 1 heterocycles. The fourth-order valence-corrected chi connectivity index (χ4v) is 2.33. The van der Waals surface area contributed by atoms with E-state index in [1.807, 2.05) is 7.05 Å². The van der Waals surface area contributed by atoms with Gasteiger partial charge in [-0.1, -0.05) is 6.07 Å². The maximum Gasteiger partial charge on any atom is 0.138 e. The standard InChI is InChI=1S/C13H16FN3/c1-17-7-3-6-13(9-15,10-17)16-12-5-2-4-11(14)8-12/h2,4-5,8,16H,3,6-7,10H2,1H3. The van der Waals surface area contributed by atoms with E-state index in [9.17, 15) is 9.65 Å².